The summed E-state index contributed by atoms with van der Waals surface area (Å²) in [6, 6.07) is 7.95. The lowest BCUT2D eigenvalue weighted by atomic mass is 10.2. The van der Waals surface area contributed by atoms with Crippen LogP contribution in [0.5, 0.6) is 0 Å². The lowest BCUT2D eigenvalue weighted by Gasteiger charge is -2.15. The summed E-state index contributed by atoms with van der Waals surface area (Å²) in [4.78, 5) is 7.66. The van der Waals surface area contributed by atoms with E-state index in [1.54, 1.807) is 24.3 Å². The third-order valence-corrected chi connectivity index (χ3v) is 3.79. The van der Waals surface area contributed by atoms with Crippen LogP contribution in [0.4, 0.5) is 24.9 Å². The second-order valence-electron chi connectivity index (χ2n) is 5.36. The van der Waals surface area contributed by atoms with Crippen molar-refractivity contribution in [3.63, 3.8) is 0 Å². The molecule has 1 aromatic heterocycles. The van der Waals surface area contributed by atoms with Crippen molar-refractivity contribution in [3.8, 4) is 0 Å². The number of rotatable bonds is 6. The quantitative estimate of drug-likeness (QED) is 0.765. The second-order valence-corrected chi connectivity index (χ2v) is 5.77. The largest absolute Gasteiger partial charge is 0.433 e. The first-order chi connectivity index (χ1) is 11.3. The molecule has 4 nitrogen and oxygen atoms in total. The van der Waals surface area contributed by atoms with Crippen molar-refractivity contribution >= 4 is 23.4 Å². The zero-order valence-corrected chi connectivity index (χ0v) is 14.0. The van der Waals surface area contributed by atoms with E-state index in [1.807, 2.05) is 13.8 Å². The van der Waals surface area contributed by atoms with E-state index in [0.717, 1.165) is 18.1 Å². The number of hydrogen-bond donors (Lipinski definition) is 2. The first-order valence-electron chi connectivity index (χ1n) is 7.49. The molecule has 0 amide bonds. The number of anilines is 2. The molecule has 0 saturated heterocycles. The van der Waals surface area contributed by atoms with E-state index in [0.29, 0.717) is 5.02 Å². The van der Waals surface area contributed by atoms with Gasteiger partial charge in [-0.3, -0.25) is 0 Å². The summed E-state index contributed by atoms with van der Waals surface area (Å²) >= 11 is 6.05. The molecule has 0 unspecified atom stereocenters. The summed E-state index contributed by atoms with van der Waals surface area (Å²) in [5.74, 6) is 0.0314. The fraction of sp³-hybridized carbons (Fsp3) is 0.375. The van der Waals surface area contributed by atoms with Crippen LogP contribution in [0.2, 0.25) is 5.02 Å². The summed E-state index contributed by atoms with van der Waals surface area (Å²) in [6.45, 7) is 4.03. The number of alkyl halides is 3. The zero-order valence-electron chi connectivity index (χ0n) is 13.3. The number of nitrogens with one attached hydrogen (secondary N) is 2. The van der Waals surface area contributed by atoms with Crippen LogP contribution >= 0.6 is 11.6 Å². The van der Waals surface area contributed by atoms with Crippen molar-refractivity contribution < 1.29 is 13.2 Å². The maximum absolute atomic E-state index is 13.0. The number of benzene rings is 1. The SMILES string of the molecule is CC[C@H](C)Nc1nc(NCc2ccccc2Cl)cc(C(F)(F)F)n1. The Balaban J connectivity index is 2.24. The highest BCUT2D eigenvalue weighted by atomic mass is 35.5. The molecule has 0 aliphatic heterocycles. The van der Waals surface area contributed by atoms with Gasteiger partial charge in [-0.15, -0.1) is 0 Å². The van der Waals surface area contributed by atoms with Crippen molar-refractivity contribution in [1.82, 2.24) is 9.97 Å². The van der Waals surface area contributed by atoms with Crippen LogP contribution in [0, 0.1) is 0 Å². The fourth-order valence-electron chi connectivity index (χ4n) is 1.90. The van der Waals surface area contributed by atoms with Gasteiger partial charge in [0.1, 0.15) is 5.82 Å². The normalized spacial score (nSPS) is 12.8. The van der Waals surface area contributed by atoms with Crippen molar-refractivity contribution in [2.75, 3.05) is 10.6 Å². The minimum Gasteiger partial charge on any atom is -0.366 e. The summed E-state index contributed by atoms with van der Waals surface area (Å²) < 4.78 is 39.1. The van der Waals surface area contributed by atoms with Gasteiger partial charge in [-0.25, -0.2) is 4.98 Å². The third-order valence-electron chi connectivity index (χ3n) is 3.42. The van der Waals surface area contributed by atoms with E-state index in [2.05, 4.69) is 20.6 Å². The number of nitrogens with zero attached hydrogens (tertiary/aromatic N) is 2. The number of hydrogen-bond acceptors (Lipinski definition) is 4. The Hall–Kier alpha value is -2.02. The minimum absolute atomic E-state index is 0.0371. The second kappa shape index (κ2) is 7.70. The molecule has 1 aromatic carbocycles. The van der Waals surface area contributed by atoms with Gasteiger partial charge in [-0.1, -0.05) is 36.7 Å². The molecule has 0 aliphatic rings. The first-order valence-corrected chi connectivity index (χ1v) is 7.87. The fourth-order valence-corrected chi connectivity index (χ4v) is 2.10. The molecule has 0 saturated carbocycles. The van der Waals surface area contributed by atoms with E-state index in [1.165, 1.54) is 0 Å². The van der Waals surface area contributed by atoms with E-state index >= 15 is 0 Å². The molecular formula is C16H18ClF3N4. The Labute approximate surface area is 143 Å². The standard InChI is InChI=1S/C16H18ClF3N4/c1-3-10(2)22-15-23-13(16(18,19)20)8-14(24-15)21-9-11-6-4-5-7-12(11)17/h4-8,10H,3,9H2,1-2H3,(H2,21,22,23,24)/t10-/m0/s1. The van der Waals surface area contributed by atoms with Gasteiger partial charge in [-0.05, 0) is 25.0 Å². The van der Waals surface area contributed by atoms with Gasteiger partial charge in [0.2, 0.25) is 5.95 Å². The molecule has 1 atom stereocenters. The van der Waals surface area contributed by atoms with E-state index in [9.17, 15) is 13.2 Å². The molecule has 1 heterocycles. The molecule has 2 N–H and O–H groups in total. The van der Waals surface area contributed by atoms with Crippen molar-refractivity contribution in [3.05, 3.63) is 46.6 Å². The van der Waals surface area contributed by atoms with E-state index in [4.69, 9.17) is 11.6 Å². The summed E-state index contributed by atoms with van der Waals surface area (Å²) in [6.07, 6.45) is -3.81. The van der Waals surface area contributed by atoms with E-state index in [-0.39, 0.29) is 24.4 Å². The van der Waals surface area contributed by atoms with Crippen LogP contribution in [-0.4, -0.2) is 16.0 Å². The predicted octanol–water partition coefficient (Wildman–Crippen LogP) is 4.97. The molecule has 0 fully saturated rings. The average molecular weight is 359 g/mol. The molecular weight excluding hydrogens is 341 g/mol. The molecule has 0 bridgehead atoms. The summed E-state index contributed by atoms with van der Waals surface area (Å²) in [5, 5.41) is 6.27. The van der Waals surface area contributed by atoms with Crippen molar-refractivity contribution in [2.24, 2.45) is 0 Å². The molecule has 24 heavy (non-hydrogen) atoms. The lowest BCUT2D eigenvalue weighted by molar-refractivity contribution is -0.141. The maximum Gasteiger partial charge on any atom is 0.433 e. The van der Waals surface area contributed by atoms with Crippen LogP contribution in [0.3, 0.4) is 0 Å². The molecule has 130 valence electrons. The molecule has 0 aliphatic carbocycles. The van der Waals surface area contributed by atoms with Gasteiger partial charge in [0.15, 0.2) is 5.69 Å². The Morgan fingerprint density at radius 3 is 2.54 bits per heavy atom. The van der Waals surface area contributed by atoms with Crippen molar-refractivity contribution in [2.45, 2.75) is 39.0 Å². The molecule has 0 radical (unpaired) electrons. The van der Waals surface area contributed by atoms with Crippen LogP contribution in [0.25, 0.3) is 0 Å². The highest BCUT2D eigenvalue weighted by molar-refractivity contribution is 6.31. The van der Waals surface area contributed by atoms with Crippen LogP contribution in [0.15, 0.2) is 30.3 Å². The van der Waals surface area contributed by atoms with Gasteiger partial charge < -0.3 is 10.6 Å². The molecule has 8 heteroatoms. The Morgan fingerprint density at radius 1 is 1.21 bits per heavy atom. The molecule has 2 aromatic rings. The highest BCUT2D eigenvalue weighted by Gasteiger charge is 2.33. The highest BCUT2D eigenvalue weighted by Crippen LogP contribution is 2.30. The number of aromatic nitrogens is 2. The van der Waals surface area contributed by atoms with Gasteiger partial charge in [0.25, 0.3) is 0 Å². The third kappa shape index (κ3) is 4.99. The summed E-state index contributed by atoms with van der Waals surface area (Å²) in [5.41, 5.74) is -0.229. The Bertz CT molecular complexity index is 691. The topological polar surface area (TPSA) is 49.8 Å². The average Bonchev–Trinajstić information content (AvgIpc) is 2.53. The van der Waals surface area contributed by atoms with Gasteiger partial charge in [0.05, 0.1) is 0 Å². The maximum atomic E-state index is 13.0. The molecule has 0 spiro atoms. The van der Waals surface area contributed by atoms with Crippen molar-refractivity contribution in [1.29, 1.82) is 0 Å². The lowest BCUT2D eigenvalue weighted by Crippen LogP contribution is -2.19. The number of halogens is 4. The van der Waals surface area contributed by atoms with Gasteiger partial charge in [0, 0.05) is 23.7 Å². The monoisotopic (exact) mass is 358 g/mol. The first kappa shape index (κ1) is 18.3. The van der Waals surface area contributed by atoms with E-state index < -0.39 is 11.9 Å². The minimum atomic E-state index is -4.55. The van der Waals surface area contributed by atoms with Crippen LogP contribution in [-0.2, 0) is 12.7 Å². The Kier molecular flexibility index (Phi) is 5.88. The zero-order chi connectivity index (χ0) is 17.7. The molecule has 2 rings (SSSR count). The van der Waals surface area contributed by atoms with Crippen LogP contribution < -0.4 is 10.6 Å². The van der Waals surface area contributed by atoms with Crippen LogP contribution in [0.1, 0.15) is 31.5 Å². The van der Waals surface area contributed by atoms with Gasteiger partial charge in [-0.2, -0.15) is 18.2 Å². The predicted molar refractivity (Wildman–Crippen MR) is 89.2 cm³/mol. The summed E-state index contributed by atoms with van der Waals surface area (Å²) in [7, 11) is 0. The smallest absolute Gasteiger partial charge is 0.366 e. The Morgan fingerprint density at radius 2 is 1.92 bits per heavy atom. The van der Waals surface area contributed by atoms with Gasteiger partial charge >= 0.3 is 6.18 Å².